The lowest BCUT2D eigenvalue weighted by molar-refractivity contribution is -0.130. The minimum atomic E-state index is -3.63. The average molecular weight is 389 g/mol. The number of likely N-dealkylation sites (N-methyl/N-ethyl adjacent to an activating group) is 1. The zero-order valence-corrected chi connectivity index (χ0v) is 16.4. The Bertz CT molecular complexity index is 717. The number of anilines is 1. The van der Waals surface area contributed by atoms with Gasteiger partial charge in [0.2, 0.25) is 15.9 Å². The van der Waals surface area contributed by atoms with Gasteiger partial charge >= 0.3 is 0 Å². The summed E-state index contributed by atoms with van der Waals surface area (Å²) in [5.41, 5.74) is 0.346. The standard InChI is InChI=1S/C17H25ClN2O4S/c1-19(13-7-5-4-6-8-13)17(21)12-20(25(3,22)23)14-9-10-16(24-2)15(18)11-14/h9-11,13H,4-8,12H2,1-3H3. The van der Waals surface area contributed by atoms with Crippen molar-refractivity contribution in [3.8, 4) is 5.75 Å². The zero-order valence-electron chi connectivity index (χ0n) is 14.9. The van der Waals surface area contributed by atoms with Crippen molar-refractivity contribution in [2.75, 3.05) is 31.3 Å². The summed E-state index contributed by atoms with van der Waals surface area (Å²) in [6.45, 7) is -0.242. The van der Waals surface area contributed by atoms with Crippen molar-refractivity contribution < 1.29 is 17.9 Å². The van der Waals surface area contributed by atoms with Gasteiger partial charge in [-0.3, -0.25) is 9.10 Å². The van der Waals surface area contributed by atoms with E-state index in [9.17, 15) is 13.2 Å². The highest BCUT2D eigenvalue weighted by Gasteiger charge is 2.27. The van der Waals surface area contributed by atoms with E-state index in [1.165, 1.54) is 19.6 Å². The molecule has 0 N–H and O–H groups in total. The van der Waals surface area contributed by atoms with Crippen LogP contribution in [-0.2, 0) is 14.8 Å². The van der Waals surface area contributed by atoms with Gasteiger partial charge in [0.15, 0.2) is 0 Å². The molecule has 140 valence electrons. The fourth-order valence-corrected chi connectivity index (χ4v) is 4.21. The van der Waals surface area contributed by atoms with Gasteiger partial charge in [-0.2, -0.15) is 0 Å². The lowest BCUT2D eigenvalue weighted by atomic mass is 9.94. The van der Waals surface area contributed by atoms with Gasteiger partial charge in [0.1, 0.15) is 12.3 Å². The van der Waals surface area contributed by atoms with Crippen molar-refractivity contribution in [1.29, 1.82) is 0 Å². The van der Waals surface area contributed by atoms with E-state index in [-0.39, 0.29) is 18.5 Å². The van der Waals surface area contributed by atoms with Crippen LogP contribution in [0.25, 0.3) is 0 Å². The van der Waals surface area contributed by atoms with E-state index in [2.05, 4.69) is 0 Å². The van der Waals surface area contributed by atoms with Crippen LogP contribution in [0.15, 0.2) is 18.2 Å². The van der Waals surface area contributed by atoms with Crippen LogP contribution >= 0.6 is 11.6 Å². The van der Waals surface area contributed by atoms with Gasteiger partial charge in [0.25, 0.3) is 0 Å². The number of benzene rings is 1. The lowest BCUT2D eigenvalue weighted by Crippen LogP contribution is -2.45. The van der Waals surface area contributed by atoms with Crippen LogP contribution in [0, 0.1) is 0 Å². The molecular weight excluding hydrogens is 364 g/mol. The molecule has 1 amide bonds. The number of hydrogen-bond donors (Lipinski definition) is 0. The summed E-state index contributed by atoms with van der Waals surface area (Å²) in [6, 6.07) is 4.85. The molecule has 0 spiro atoms. The Kier molecular flexibility index (Phi) is 6.57. The van der Waals surface area contributed by atoms with Crippen molar-refractivity contribution in [1.82, 2.24) is 4.90 Å². The Morgan fingerprint density at radius 3 is 2.44 bits per heavy atom. The maximum Gasteiger partial charge on any atom is 0.243 e. The molecule has 6 nitrogen and oxygen atoms in total. The number of hydrogen-bond acceptors (Lipinski definition) is 4. The minimum absolute atomic E-state index is 0.183. The molecule has 0 aliphatic heterocycles. The molecule has 25 heavy (non-hydrogen) atoms. The van der Waals surface area contributed by atoms with Crippen molar-refractivity contribution >= 4 is 33.2 Å². The van der Waals surface area contributed by atoms with Crippen LogP contribution in [0.1, 0.15) is 32.1 Å². The van der Waals surface area contributed by atoms with E-state index in [0.717, 1.165) is 36.2 Å². The molecule has 0 aromatic heterocycles. The number of ether oxygens (including phenoxy) is 1. The fourth-order valence-electron chi connectivity index (χ4n) is 3.12. The molecule has 1 aliphatic carbocycles. The second-order valence-electron chi connectivity index (χ2n) is 6.38. The summed E-state index contributed by atoms with van der Waals surface area (Å²) in [5, 5.41) is 0.293. The Morgan fingerprint density at radius 1 is 1.28 bits per heavy atom. The van der Waals surface area contributed by atoms with Crippen molar-refractivity contribution in [2.24, 2.45) is 0 Å². The first kappa shape index (κ1) is 19.8. The van der Waals surface area contributed by atoms with Crippen molar-refractivity contribution in [3.63, 3.8) is 0 Å². The third-order valence-electron chi connectivity index (χ3n) is 4.62. The number of carbonyl (C=O) groups excluding carboxylic acids is 1. The van der Waals surface area contributed by atoms with Gasteiger partial charge in [0, 0.05) is 13.1 Å². The number of nitrogens with zero attached hydrogens (tertiary/aromatic N) is 2. The summed E-state index contributed by atoms with van der Waals surface area (Å²) in [6.07, 6.45) is 6.42. The first-order valence-corrected chi connectivity index (χ1v) is 10.5. The molecule has 0 atom stereocenters. The highest BCUT2D eigenvalue weighted by Crippen LogP contribution is 2.30. The third-order valence-corrected chi connectivity index (χ3v) is 6.05. The van der Waals surface area contributed by atoms with Gasteiger partial charge in [-0.1, -0.05) is 30.9 Å². The normalized spacial score (nSPS) is 15.7. The largest absolute Gasteiger partial charge is 0.495 e. The fraction of sp³-hybridized carbons (Fsp3) is 0.588. The van der Waals surface area contributed by atoms with Crippen molar-refractivity contribution in [2.45, 2.75) is 38.1 Å². The molecule has 0 saturated heterocycles. The van der Waals surface area contributed by atoms with Gasteiger partial charge in [0.05, 0.1) is 24.1 Å². The molecule has 1 saturated carbocycles. The SMILES string of the molecule is COc1ccc(N(CC(=O)N(C)C2CCCCC2)S(C)(=O)=O)cc1Cl. The molecule has 0 unspecified atom stereocenters. The molecule has 1 aromatic rings. The van der Waals surface area contributed by atoms with Crippen LogP contribution in [-0.4, -0.2) is 52.2 Å². The summed E-state index contributed by atoms with van der Waals surface area (Å²) in [4.78, 5) is 14.3. The average Bonchev–Trinajstić information content (AvgIpc) is 2.58. The van der Waals surface area contributed by atoms with E-state index >= 15 is 0 Å². The van der Waals surface area contributed by atoms with Crippen LogP contribution in [0.5, 0.6) is 5.75 Å². The summed E-state index contributed by atoms with van der Waals surface area (Å²) >= 11 is 6.10. The molecular formula is C17H25ClN2O4S. The maximum absolute atomic E-state index is 12.6. The van der Waals surface area contributed by atoms with Gasteiger partial charge in [-0.05, 0) is 31.0 Å². The van der Waals surface area contributed by atoms with Gasteiger partial charge in [-0.25, -0.2) is 8.42 Å². The number of sulfonamides is 1. The van der Waals surface area contributed by atoms with E-state index < -0.39 is 10.0 Å². The highest BCUT2D eigenvalue weighted by atomic mass is 35.5. The topological polar surface area (TPSA) is 66.9 Å². The summed E-state index contributed by atoms with van der Waals surface area (Å²) in [5.74, 6) is 0.230. The smallest absolute Gasteiger partial charge is 0.243 e. The quantitative estimate of drug-likeness (QED) is 0.751. The second kappa shape index (κ2) is 8.27. The van der Waals surface area contributed by atoms with Crippen LogP contribution in [0.4, 0.5) is 5.69 Å². The Hall–Kier alpha value is -1.47. The number of amides is 1. The Labute approximate surface area is 154 Å². The lowest BCUT2D eigenvalue weighted by Gasteiger charge is -2.33. The molecule has 1 aliphatic rings. The van der Waals surface area contributed by atoms with E-state index in [4.69, 9.17) is 16.3 Å². The maximum atomic E-state index is 12.6. The summed E-state index contributed by atoms with van der Waals surface area (Å²) < 4.78 is 30.6. The Balaban J connectivity index is 2.20. The number of methoxy groups -OCH3 is 1. The molecule has 0 bridgehead atoms. The highest BCUT2D eigenvalue weighted by molar-refractivity contribution is 7.92. The first-order valence-electron chi connectivity index (χ1n) is 8.31. The molecule has 1 fully saturated rings. The molecule has 1 aromatic carbocycles. The number of halogens is 1. The monoisotopic (exact) mass is 388 g/mol. The molecule has 0 radical (unpaired) electrons. The molecule has 2 rings (SSSR count). The Morgan fingerprint density at radius 2 is 1.92 bits per heavy atom. The van der Waals surface area contributed by atoms with E-state index in [1.807, 2.05) is 0 Å². The predicted molar refractivity (Wildman–Crippen MR) is 99.8 cm³/mol. The van der Waals surface area contributed by atoms with Gasteiger partial charge < -0.3 is 9.64 Å². The third kappa shape index (κ3) is 5.01. The van der Waals surface area contributed by atoms with Crippen LogP contribution < -0.4 is 9.04 Å². The summed E-state index contributed by atoms with van der Waals surface area (Å²) in [7, 11) is -0.393. The van der Waals surface area contributed by atoms with E-state index in [1.54, 1.807) is 24.1 Å². The molecule has 0 heterocycles. The van der Waals surface area contributed by atoms with Crippen LogP contribution in [0.3, 0.4) is 0 Å². The number of rotatable bonds is 6. The first-order chi connectivity index (χ1) is 11.7. The second-order valence-corrected chi connectivity index (χ2v) is 8.70. The minimum Gasteiger partial charge on any atom is -0.495 e. The number of carbonyl (C=O) groups is 1. The van der Waals surface area contributed by atoms with Gasteiger partial charge in [-0.15, -0.1) is 0 Å². The predicted octanol–water partition coefficient (Wildman–Crippen LogP) is 2.91. The van der Waals surface area contributed by atoms with Crippen molar-refractivity contribution in [3.05, 3.63) is 23.2 Å². The van der Waals surface area contributed by atoms with Crippen LogP contribution in [0.2, 0.25) is 5.02 Å². The zero-order chi connectivity index (χ0) is 18.6. The van der Waals surface area contributed by atoms with E-state index in [0.29, 0.717) is 16.5 Å². The molecule has 8 heteroatoms.